The van der Waals surface area contributed by atoms with Gasteiger partial charge in [-0.1, -0.05) is 0 Å². The van der Waals surface area contributed by atoms with E-state index in [1.54, 1.807) is 4.90 Å². The number of aryl methyl sites for hydroxylation is 1. The van der Waals surface area contributed by atoms with Gasteiger partial charge in [-0.15, -0.1) is 0 Å². The summed E-state index contributed by atoms with van der Waals surface area (Å²) in [7, 11) is 1.85. The van der Waals surface area contributed by atoms with Crippen molar-refractivity contribution >= 4 is 11.9 Å². The van der Waals surface area contributed by atoms with Crippen LogP contribution in [0.15, 0.2) is 6.07 Å². The molecular formula is C16H20F5N3O4. The van der Waals surface area contributed by atoms with Gasteiger partial charge < -0.3 is 25.4 Å². The Balaban J connectivity index is 0.000000345. The van der Waals surface area contributed by atoms with Crippen molar-refractivity contribution in [1.29, 1.82) is 0 Å². The van der Waals surface area contributed by atoms with E-state index in [1.807, 2.05) is 7.05 Å². The lowest BCUT2D eigenvalue weighted by atomic mass is 9.92. The number of carbonyl (C=O) groups is 2. The number of hydrogen-bond acceptors (Lipinski definition) is 4. The van der Waals surface area contributed by atoms with Crippen LogP contribution in [-0.4, -0.2) is 70.3 Å². The van der Waals surface area contributed by atoms with Crippen LogP contribution in [0.2, 0.25) is 0 Å². The normalized spacial score (nSPS) is 23.6. The SMILES string of the molecule is CNC1CCN(C(=O)c2cc3c([nH]2)CCC(F)(F)C3O)C1.O=C(O)C(F)(F)F. The van der Waals surface area contributed by atoms with Crippen LogP contribution in [0.4, 0.5) is 22.0 Å². The summed E-state index contributed by atoms with van der Waals surface area (Å²) < 4.78 is 58.8. The number of halogens is 5. The van der Waals surface area contributed by atoms with Gasteiger partial charge >= 0.3 is 12.1 Å². The average Bonchev–Trinajstić information content (AvgIpc) is 3.24. The summed E-state index contributed by atoms with van der Waals surface area (Å²) >= 11 is 0. The number of likely N-dealkylation sites (tertiary alicyclic amines) is 1. The number of alkyl halides is 5. The Hall–Kier alpha value is -2.21. The number of fused-ring (bicyclic) bond motifs is 1. The standard InChI is InChI=1S/C14H19F2N3O2.C2HF3O2/c1-17-8-3-5-19(7-8)13(21)11-6-9-10(18-11)2-4-14(15,16)12(9)20;3-2(4,5)1(6)7/h6,8,12,17-18,20H,2-5,7H2,1H3;(H,6,7). The molecule has 0 aromatic carbocycles. The van der Waals surface area contributed by atoms with E-state index in [9.17, 15) is 31.9 Å². The van der Waals surface area contributed by atoms with Crippen molar-refractivity contribution < 1.29 is 41.8 Å². The van der Waals surface area contributed by atoms with Crippen molar-refractivity contribution in [2.24, 2.45) is 0 Å². The van der Waals surface area contributed by atoms with Crippen LogP contribution < -0.4 is 5.32 Å². The van der Waals surface area contributed by atoms with E-state index in [2.05, 4.69) is 10.3 Å². The monoisotopic (exact) mass is 413 g/mol. The van der Waals surface area contributed by atoms with E-state index < -0.39 is 30.6 Å². The lowest BCUT2D eigenvalue weighted by Gasteiger charge is -2.27. The lowest BCUT2D eigenvalue weighted by molar-refractivity contribution is -0.192. The Bertz CT molecular complexity index is 734. The van der Waals surface area contributed by atoms with Gasteiger partial charge in [0.05, 0.1) is 0 Å². The summed E-state index contributed by atoms with van der Waals surface area (Å²) in [5, 5.41) is 20.0. The molecule has 28 heavy (non-hydrogen) atoms. The van der Waals surface area contributed by atoms with E-state index in [0.29, 0.717) is 18.8 Å². The van der Waals surface area contributed by atoms with Crippen LogP contribution >= 0.6 is 0 Å². The van der Waals surface area contributed by atoms with Crippen molar-refractivity contribution in [1.82, 2.24) is 15.2 Å². The molecule has 2 atom stereocenters. The summed E-state index contributed by atoms with van der Waals surface area (Å²) in [5.41, 5.74) is 0.980. The molecule has 1 saturated heterocycles. The highest BCUT2D eigenvalue weighted by molar-refractivity contribution is 5.93. The summed E-state index contributed by atoms with van der Waals surface area (Å²) in [6.07, 6.45) is -6.29. The molecule has 158 valence electrons. The molecule has 1 aromatic heterocycles. The molecule has 2 heterocycles. The molecule has 1 fully saturated rings. The largest absolute Gasteiger partial charge is 0.490 e. The van der Waals surface area contributed by atoms with Crippen molar-refractivity contribution in [3.8, 4) is 0 Å². The molecule has 12 heteroatoms. The quantitative estimate of drug-likeness (QED) is 0.553. The molecule has 4 N–H and O–H groups in total. The van der Waals surface area contributed by atoms with Gasteiger partial charge in [0, 0.05) is 36.8 Å². The van der Waals surface area contributed by atoms with E-state index in [-0.39, 0.29) is 29.6 Å². The Kier molecular flexibility index (Phi) is 6.34. The van der Waals surface area contributed by atoms with Gasteiger partial charge in [0.1, 0.15) is 11.8 Å². The third-order valence-electron chi connectivity index (χ3n) is 4.69. The van der Waals surface area contributed by atoms with Crippen molar-refractivity contribution in [3.05, 3.63) is 23.0 Å². The van der Waals surface area contributed by atoms with Gasteiger partial charge in [-0.25, -0.2) is 13.6 Å². The van der Waals surface area contributed by atoms with Gasteiger partial charge in [-0.05, 0) is 26.0 Å². The number of hydrogen-bond donors (Lipinski definition) is 4. The van der Waals surface area contributed by atoms with Crippen LogP contribution in [0.1, 0.15) is 40.7 Å². The third kappa shape index (κ3) is 4.79. The number of nitrogens with zero attached hydrogens (tertiary/aromatic N) is 1. The number of rotatable bonds is 2. The molecule has 0 bridgehead atoms. The zero-order chi connectivity index (χ0) is 21.3. The maximum atomic E-state index is 13.5. The van der Waals surface area contributed by atoms with Crippen LogP contribution in [0.3, 0.4) is 0 Å². The smallest absolute Gasteiger partial charge is 0.475 e. The second-order valence-electron chi connectivity index (χ2n) is 6.61. The van der Waals surface area contributed by atoms with Crippen molar-refractivity contribution in [2.75, 3.05) is 20.1 Å². The highest BCUT2D eigenvalue weighted by atomic mass is 19.4. The van der Waals surface area contributed by atoms with Crippen molar-refractivity contribution in [2.45, 2.75) is 43.5 Å². The van der Waals surface area contributed by atoms with Gasteiger partial charge in [0.25, 0.3) is 11.8 Å². The molecule has 2 aliphatic rings. The number of aromatic nitrogens is 1. The summed E-state index contributed by atoms with van der Waals surface area (Å²) in [5.74, 6) is -6.08. The molecule has 0 radical (unpaired) electrons. The number of aliphatic hydroxyl groups excluding tert-OH is 1. The Morgan fingerprint density at radius 3 is 2.46 bits per heavy atom. The topological polar surface area (TPSA) is 106 Å². The molecule has 1 amide bonds. The molecule has 1 aromatic rings. The van der Waals surface area contributed by atoms with E-state index in [0.717, 1.165) is 6.42 Å². The number of carboxylic acid groups (broad SMARTS) is 1. The number of nitrogens with one attached hydrogen (secondary N) is 2. The van der Waals surface area contributed by atoms with Gasteiger partial charge in [-0.2, -0.15) is 13.2 Å². The van der Waals surface area contributed by atoms with E-state index in [1.165, 1.54) is 6.07 Å². The molecule has 0 saturated carbocycles. The second kappa shape index (κ2) is 8.03. The predicted molar refractivity (Wildman–Crippen MR) is 86.1 cm³/mol. The number of carbonyl (C=O) groups excluding carboxylic acids is 1. The molecular weight excluding hydrogens is 393 g/mol. The van der Waals surface area contributed by atoms with Gasteiger partial charge in [0.15, 0.2) is 0 Å². The minimum Gasteiger partial charge on any atom is -0.475 e. The summed E-state index contributed by atoms with van der Waals surface area (Å²) in [6, 6.07) is 1.65. The number of aromatic amines is 1. The first-order chi connectivity index (χ1) is 12.9. The highest BCUT2D eigenvalue weighted by Crippen LogP contribution is 2.41. The Labute approximate surface area is 156 Å². The number of H-pyrrole nitrogens is 1. The summed E-state index contributed by atoms with van der Waals surface area (Å²) in [4.78, 5) is 25.9. The maximum absolute atomic E-state index is 13.5. The first kappa shape index (κ1) is 22.1. The molecule has 0 spiro atoms. The Morgan fingerprint density at radius 1 is 1.36 bits per heavy atom. The van der Waals surface area contributed by atoms with Crippen molar-refractivity contribution in [3.63, 3.8) is 0 Å². The van der Waals surface area contributed by atoms with Crippen LogP contribution in [0, 0.1) is 0 Å². The zero-order valence-corrected chi connectivity index (χ0v) is 14.8. The van der Waals surface area contributed by atoms with E-state index >= 15 is 0 Å². The maximum Gasteiger partial charge on any atom is 0.490 e. The lowest BCUT2D eigenvalue weighted by Crippen LogP contribution is -2.33. The first-order valence-corrected chi connectivity index (χ1v) is 8.41. The molecule has 3 rings (SSSR count). The minimum absolute atomic E-state index is 0.145. The fraction of sp³-hybridized carbons (Fsp3) is 0.625. The number of carboxylic acids is 1. The summed E-state index contributed by atoms with van der Waals surface area (Å²) in [6.45, 7) is 1.25. The Morgan fingerprint density at radius 2 is 1.96 bits per heavy atom. The third-order valence-corrected chi connectivity index (χ3v) is 4.69. The first-order valence-electron chi connectivity index (χ1n) is 8.41. The zero-order valence-electron chi connectivity index (χ0n) is 14.8. The highest BCUT2D eigenvalue weighted by Gasteiger charge is 2.44. The fourth-order valence-electron chi connectivity index (χ4n) is 3.09. The van der Waals surface area contributed by atoms with Gasteiger partial charge in [0.2, 0.25) is 0 Å². The molecule has 1 aliphatic carbocycles. The van der Waals surface area contributed by atoms with Crippen LogP contribution in [-0.2, 0) is 11.2 Å². The minimum atomic E-state index is -5.08. The molecule has 1 aliphatic heterocycles. The second-order valence-corrected chi connectivity index (χ2v) is 6.61. The predicted octanol–water partition coefficient (Wildman–Crippen LogP) is 1.70. The number of amides is 1. The fourth-order valence-corrected chi connectivity index (χ4v) is 3.09. The van der Waals surface area contributed by atoms with E-state index in [4.69, 9.17) is 9.90 Å². The number of aliphatic hydroxyl groups is 1. The molecule has 2 unspecified atom stereocenters. The average molecular weight is 413 g/mol. The molecule has 7 nitrogen and oxygen atoms in total. The number of likely N-dealkylation sites (N-methyl/N-ethyl adjacent to an activating group) is 1. The number of aliphatic carboxylic acids is 1. The van der Waals surface area contributed by atoms with Crippen LogP contribution in [0.25, 0.3) is 0 Å². The van der Waals surface area contributed by atoms with Crippen LogP contribution in [0.5, 0.6) is 0 Å². The van der Waals surface area contributed by atoms with Gasteiger partial charge in [-0.3, -0.25) is 4.79 Å².